The number of fused-ring (bicyclic) bond motifs is 4. The lowest BCUT2D eigenvalue weighted by Gasteiger charge is -2.19. The molecule has 8 heterocycles. The molecule has 1 aliphatic rings. The summed E-state index contributed by atoms with van der Waals surface area (Å²) in [7, 11) is 0. The van der Waals surface area contributed by atoms with Gasteiger partial charge in [-0.3, -0.25) is 9.59 Å². The second-order valence-corrected chi connectivity index (χ2v) is 33.0. The maximum Gasteiger partial charge on any atom is 0.197 e. The quantitative estimate of drug-likeness (QED) is 0.0468. The SMILES string of the molecule is CCCCC(CC)Cc1sc(-c2c3cc(C)sc3c(-c3cc(Cl)c(CC(CC)CCCC)s3)c3cc(-c4ccc(-c5sc(-c6ccc(C)s6)c6c5C(=O)c5c(CC(CC)CCCC)sc(CC(CC)CCCC)c5C6=O)s4)sc23)cc1F. The zero-order valence-electron chi connectivity index (χ0n) is 49.9. The molecule has 0 aliphatic heterocycles. The largest absolute Gasteiger partial charge is 0.288 e. The van der Waals surface area contributed by atoms with E-state index in [9.17, 15) is 0 Å². The Bertz CT molecular complexity index is 3570. The molecule has 1 aliphatic carbocycles. The van der Waals surface area contributed by atoms with Crippen LogP contribution in [0.3, 0.4) is 0 Å². The lowest BCUT2D eigenvalue weighted by molar-refractivity contribution is 0.0980. The van der Waals surface area contributed by atoms with Crippen LogP contribution in [0, 0.1) is 43.3 Å². The first-order valence-corrected chi connectivity index (χ1v) is 37.8. The average molecular weight is 1270 g/mol. The summed E-state index contributed by atoms with van der Waals surface area (Å²) in [5.41, 5.74) is 4.95. The van der Waals surface area contributed by atoms with Crippen LogP contribution < -0.4 is 0 Å². The minimum atomic E-state index is -0.0868. The molecule has 82 heavy (non-hydrogen) atoms. The summed E-state index contributed by atoms with van der Waals surface area (Å²) in [5.74, 6) is 1.96. The highest BCUT2D eigenvalue weighted by Crippen LogP contribution is 2.57. The number of carbonyl (C=O) groups excluding carboxylic acids is 2. The highest BCUT2D eigenvalue weighted by Gasteiger charge is 2.42. The number of aryl methyl sites for hydroxylation is 2. The van der Waals surface area contributed by atoms with Gasteiger partial charge < -0.3 is 0 Å². The van der Waals surface area contributed by atoms with Crippen molar-refractivity contribution >= 4 is 134 Å². The molecule has 0 radical (unpaired) electrons. The highest BCUT2D eigenvalue weighted by atomic mass is 35.5. The van der Waals surface area contributed by atoms with E-state index in [1.54, 1.807) is 68.0 Å². The zero-order chi connectivity index (χ0) is 57.9. The first-order chi connectivity index (χ1) is 39.8. The topological polar surface area (TPSA) is 34.1 Å². The molecule has 0 saturated heterocycles. The van der Waals surface area contributed by atoms with Gasteiger partial charge in [0.15, 0.2) is 11.6 Å². The number of benzene rings is 1. The van der Waals surface area contributed by atoms with Crippen molar-refractivity contribution in [2.24, 2.45) is 23.7 Å². The number of halogens is 2. The Morgan fingerprint density at radius 1 is 0.402 bits per heavy atom. The number of carbonyl (C=O) groups is 2. The molecular weight excluding hydrogens is 1180 g/mol. The summed E-state index contributed by atoms with van der Waals surface area (Å²) in [6, 6.07) is 17.5. The number of ketones is 2. The lowest BCUT2D eigenvalue weighted by atomic mass is 9.81. The monoisotopic (exact) mass is 1260 g/mol. The van der Waals surface area contributed by atoms with E-state index >= 15 is 14.0 Å². The van der Waals surface area contributed by atoms with E-state index in [4.69, 9.17) is 11.6 Å². The van der Waals surface area contributed by atoms with Gasteiger partial charge in [0, 0.05) is 101 Å². The van der Waals surface area contributed by atoms with Crippen LogP contribution in [0.2, 0.25) is 5.02 Å². The highest BCUT2D eigenvalue weighted by molar-refractivity contribution is 7.31. The Morgan fingerprint density at radius 2 is 0.854 bits per heavy atom. The summed E-state index contributed by atoms with van der Waals surface area (Å²) >= 11 is 21.3. The normalized spacial score (nSPS) is 14.2. The molecule has 4 atom stereocenters. The molecule has 1 aromatic carbocycles. The molecule has 9 aromatic rings. The van der Waals surface area contributed by atoms with Crippen LogP contribution in [-0.4, -0.2) is 11.6 Å². The Morgan fingerprint density at radius 3 is 1.37 bits per heavy atom. The zero-order valence-corrected chi connectivity index (χ0v) is 57.2. The van der Waals surface area contributed by atoms with Crippen molar-refractivity contribution in [3.63, 3.8) is 0 Å². The second-order valence-electron chi connectivity index (χ2n) is 23.4. The molecule has 0 saturated carbocycles. The van der Waals surface area contributed by atoms with Crippen LogP contribution in [0.25, 0.3) is 70.3 Å². The second kappa shape index (κ2) is 27.7. The van der Waals surface area contributed by atoms with Crippen molar-refractivity contribution in [3.8, 4) is 50.1 Å². The first kappa shape index (κ1) is 62.0. The van der Waals surface area contributed by atoms with E-state index in [0.717, 1.165) is 156 Å². The first-order valence-electron chi connectivity index (χ1n) is 30.9. The van der Waals surface area contributed by atoms with Gasteiger partial charge in [-0.1, -0.05) is 170 Å². The average Bonchev–Trinajstić information content (AvgIpc) is 2.19. The van der Waals surface area contributed by atoms with Crippen molar-refractivity contribution in [2.45, 2.75) is 198 Å². The maximum absolute atomic E-state index is 16.5. The fraction of sp³-hybridized carbons (Fsp3) is 0.486. The molecular formula is C70H82ClFO2S8. The van der Waals surface area contributed by atoms with Gasteiger partial charge in [0.1, 0.15) is 5.82 Å². The standard InChI is InChI=1S/C70H82ClFO2S8/c1-11-19-23-41(15-5)32-52-47(71)37-57(78-52)60-46-36-54(81-68(46)59(45-31-40(10)76-67(45)60)58-38-48(72)53(79-58)33-42(16-6)24-20-12-2)49-29-30-51(77-49)70-64-63(69(82-70)50-28-27-39(9)75-50)65(73)61-55(34-43(17-7)25-21-13-3)80-56(62(61)66(64)74)35-44(18-8)26-22-14-4/h27-31,36-38,41-44H,11-26,32-35H2,1-10H3. The Labute approximate surface area is 525 Å². The van der Waals surface area contributed by atoms with Crippen LogP contribution in [0.4, 0.5) is 4.39 Å². The smallest absolute Gasteiger partial charge is 0.197 e. The van der Waals surface area contributed by atoms with Gasteiger partial charge in [0.25, 0.3) is 0 Å². The summed E-state index contributed by atoms with van der Waals surface area (Å²) in [6.07, 6.45) is 21.7. The fourth-order valence-corrected chi connectivity index (χ4v) is 22.9. The van der Waals surface area contributed by atoms with Crippen molar-refractivity contribution in [3.05, 3.63) is 111 Å². The van der Waals surface area contributed by atoms with Crippen LogP contribution in [0.15, 0.2) is 48.5 Å². The number of unbranched alkanes of at least 4 members (excludes halogenated alkanes) is 4. The fourth-order valence-electron chi connectivity index (χ4n) is 12.6. The van der Waals surface area contributed by atoms with Crippen molar-refractivity contribution < 1.29 is 14.0 Å². The predicted molar refractivity (Wildman–Crippen MR) is 367 cm³/mol. The van der Waals surface area contributed by atoms with Crippen molar-refractivity contribution in [1.29, 1.82) is 0 Å². The summed E-state index contributed by atoms with van der Waals surface area (Å²) in [4.78, 5) is 46.8. The van der Waals surface area contributed by atoms with Gasteiger partial charge in [0.05, 0.1) is 25.9 Å². The van der Waals surface area contributed by atoms with E-state index in [1.807, 2.05) is 28.7 Å². The number of hydrogen-bond donors (Lipinski definition) is 0. The van der Waals surface area contributed by atoms with Crippen LogP contribution in [0.5, 0.6) is 0 Å². The molecule has 436 valence electrons. The van der Waals surface area contributed by atoms with Crippen LogP contribution in [-0.2, 0) is 25.7 Å². The lowest BCUT2D eigenvalue weighted by Crippen LogP contribution is -2.22. The van der Waals surface area contributed by atoms with Gasteiger partial charge in [-0.25, -0.2) is 4.39 Å². The van der Waals surface area contributed by atoms with Crippen molar-refractivity contribution in [1.82, 2.24) is 0 Å². The third-order valence-electron chi connectivity index (χ3n) is 17.6. The van der Waals surface area contributed by atoms with Gasteiger partial charge in [0.2, 0.25) is 0 Å². The van der Waals surface area contributed by atoms with Crippen molar-refractivity contribution in [2.75, 3.05) is 0 Å². The molecule has 2 nitrogen and oxygen atoms in total. The minimum Gasteiger partial charge on any atom is -0.288 e. The summed E-state index contributed by atoms with van der Waals surface area (Å²) in [5, 5.41) is 3.21. The van der Waals surface area contributed by atoms with Gasteiger partial charge >= 0.3 is 0 Å². The molecule has 0 bridgehead atoms. The Balaban J connectivity index is 1.14. The third-order valence-corrected chi connectivity index (χ3v) is 27.6. The number of hydrogen-bond acceptors (Lipinski definition) is 10. The van der Waals surface area contributed by atoms with E-state index in [-0.39, 0.29) is 17.4 Å². The molecule has 0 fully saturated rings. The molecule has 0 spiro atoms. The Hall–Kier alpha value is -3.10. The number of rotatable bonds is 29. The summed E-state index contributed by atoms with van der Waals surface area (Å²) < 4.78 is 18.9. The molecule has 8 aromatic heterocycles. The molecule has 10 rings (SSSR count). The predicted octanol–water partition coefficient (Wildman–Crippen LogP) is 26.0. The van der Waals surface area contributed by atoms with Gasteiger partial charge in [-0.05, 0) is 112 Å². The van der Waals surface area contributed by atoms with Crippen LogP contribution in [0.1, 0.15) is 219 Å². The third kappa shape index (κ3) is 12.7. The molecule has 4 unspecified atom stereocenters. The molecule has 0 N–H and O–H groups in total. The summed E-state index contributed by atoms with van der Waals surface area (Å²) in [6.45, 7) is 22.5. The van der Waals surface area contributed by atoms with Gasteiger partial charge in [-0.15, -0.1) is 90.7 Å². The van der Waals surface area contributed by atoms with E-state index in [1.165, 1.54) is 77.3 Å². The Kier molecular flexibility index (Phi) is 21.0. The maximum atomic E-state index is 16.5. The minimum absolute atomic E-state index is 0.0315. The molecule has 0 amide bonds. The number of thiophene rings is 8. The van der Waals surface area contributed by atoms with Gasteiger partial charge in [-0.2, -0.15) is 0 Å². The van der Waals surface area contributed by atoms with E-state index in [0.29, 0.717) is 45.9 Å². The van der Waals surface area contributed by atoms with Crippen LogP contribution >= 0.6 is 102 Å². The van der Waals surface area contributed by atoms with E-state index in [2.05, 4.69) is 112 Å². The molecule has 12 heteroatoms. The van der Waals surface area contributed by atoms with E-state index < -0.39 is 0 Å².